The first-order chi connectivity index (χ1) is 17.5. The lowest BCUT2D eigenvalue weighted by atomic mass is 10.0. The molecule has 0 fully saturated rings. The summed E-state index contributed by atoms with van der Waals surface area (Å²) in [6.07, 6.45) is 4.19. The van der Waals surface area contributed by atoms with Crippen LogP contribution in [0.5, 0.6) is 11.5 Å². The SMILES string of the molecule is COc1ccc(C(CC(=O)O)n2ncc3cc(OCCc4ccc5c(n4)CCCN5)ccc32)cc1F. The molecule has 1 atom stereocenters. The molecule has 1 aliphatic rings. The fraction of sp³-hybridized carbons (Fsp3) is 0.296. The summed E-state index contributed by atoms with van der Waals surface area (Å²) in [6.45, 7) is 1.47. The molecule has 1 unspecified atom stereocenters. The number of carboxylic acids is 1. The second kappa shape index (κ2) is 10.2. The zero-order valence-electron chi connectivity index (χ0n) is 19.9. The van der Waals surface area contributed by atoms with Gasteiger partial charge in [-0.3, -0.25) is 14.5 Å². The molecule has 0 saturated carbocycles. The van der Waals surface area contributed by atoms with Gasteiger partial charge < -0.3 is 19.9 Å². The maximum absolute atomic E-state index is 14.4. The Bertz CT molecular complexity index is 1400. The van der Waals surface area contributed by atoms with Crippen LogP contribution in [0.1, 0.15) is 35.8 Å². The fourth-order valence-corrected chi connectivity index (χ4v) is 4.56. The molecule has 0 radical (unpaired) electrons. The molecule has 0 bridgehead atoms. The van der Waals surface area contributed by atoms with E-state index < -0.39 is 17.8 Å². The van der Waals surface area contributed by atoms with Gasteiger partial charge in [-0.15, -0.1) is 0 Å². The lowest BCUT2D eigenvalue weighted by molar-refractivity contribution is -0.137. The highest BCUT2D eigenvalue weighted by Crippen LogP contribution is 2.30. The minimum absolute atomic E-state index is 0.0993. The summed E-state index contributed by atoms with van der Waals surface area (Å²) >= 11 is 0. The van der Waals surface area contributed by atoms with E-state index in [1.807, 2.05) is 24.3 Å². The Morgan fingerprint density at radius 1 is 1.22 bits per heavy atom. The number of nitrogens with zero attached hydrogens (tertiary/aromatic N) is 3. The summed E-state index contributed by atoms with van der Waals surface area (Å²) < 4.78 is 26.9. The number of carbonyl (C=O) groups is 1. The molecule has 2 aromatic carbocycles. The summed E-state index contributed by atoms with van der Waals surface area (Å²) in [5.41, 5.74) is 4.45. The number of anilines is 1. The lowest BCUT2D eigenvalue weighted by Crippen LogP contribution is -2.16. The van der Waals surface area contributed by atoms with Crippen molar-refractivity contribution in [2.45, 2.75) is 31.7 Å². The Morgan fingerprint density at radius 2 is 2.11 bits per heavy atom. The number of hydrogen-bond acceptors (Lipinski definition) is 6. The number of benzene rings is 2. The number of carboxylic acid groups (broad SMARTS) is 1. The zero-order chi connectivity index (χ0) is 25.1. The van der Waals surface area contributed by atoms with Gasteiger partial charge in [-0.05, 0) is 60.9 Å². The third kappa shape index (κ3) is 4.95. The van der Waals surface area contributed by atoms with Crippen molar-refractivity contribution in [3.63, 3.8) is 0 Å². The lowest BCUT2D eigenvalue weighted by Gasteiger charge is -2.18. The molecule has 4 aromatic rings. The summed E-state index contributed by atoms with van der Waals surface area (Å²) in [5, 5.41) is 18.1. The largest absolute Gasteiger partial charge is 0.494 e. The van der Waals surface area contributed by atoms with Crippen molar-refractivity contribution < 1.29 is 23.8 Å². The van der Waals surface area contributed by atoms with Crippen LogP contribution in [0.15, 0.2) is 54.7 Å². The van der Waals surface area contributed by atoms with Crippen molar-refractivity contribution in [3.8, 4) is 11.5 Å². The van der Waals surface area contributed by atoms with Crippen LogP contribution in [-0.4, -0.2) is 46.1 Å². The van der Waals surface area contributed by atoms with Crippen LogP contribution in [0.4, 0.5) is 10.1 Å². The van der Waals surface area contributed by atoms with E-state index in [0.29, 0.717) is 24.3 Å². The van der Waals surface area contributed by atoms with E-state index >= 15 is 0 Å². The number of fused-ring (bicyclic) bond motifs is 2. The van der Waals surface area contributed by atoms with Gasteiger partial charge in [0.15, 0.2) is 11.6 Å². The number of aromatic nitrogens is 3. The van der Waals surface area contributed by atoms with Gasteiger partial charge in [-0.25, -0.2) is 4.39 Å². The third-order valence-corrected chi connectivity index (χ3v) is 6.36. The van der Waals surface area contributed by atoms with Crippen molar-refractivity contribution in [2.24, 2.45) is 0 Å². The molecule has 3 heterocycles. The van der Waals surface area contributed by atoms with Gasteiger partial charge in [-0.2, -0.15) is 5.10 Å². The summed E-state index contributed by atoms with van der Waals surface area (Å²) in [5.74, 6) is -0.775. The van der Waals surface area contributed by atoms with Crippen molar-refractivity contribution in [2.75, 3.05) is 25.6 Å². The van der Waals surface area contributed by atoms with Gasteiger partial charge in [-0.1, -0.05) is 6.07 Å². The fourth-order valence-electron chi connectivity index (χ4n) is 4.56. The van der Waals surface area contributed by atoms with Crippen molar-refractivity contribution >= 4 is 22.6 Å². The number of aryl methyl sites for hydroxylation is 1. The molecule has 0 amide bonds. The number of pyridine rings is 1. The molecule has 186 valence electrons. The molecule has 2 N–H and O–H groups in total. The average Bonchev–Trinajstić information content (AvgIpc) is 3.30. The predicted octanol–water partition coefficient (Wildman–Crippen LogP) is 4.62. The van der Waals surface area contributed by atoms with E-state index in [2.05, 4.69) is 16.5 Å². The first-order valence-corrected chi connectivity index (χ1v) is 11.9. The van der Waals surface area contributed by atoms with Crippen molar-refractivity contribution in [3.05, 3.63) is 77.5 Å². The van der Waals surface area contributed by atoms with E-state index in [4.69, 9.17) is 14.5 Å². The smallest absolute Gasteiger partial charge is 0.305 e. The van der Waals surface area contributed by atoms with Crippen molar-refractivity contribution in [1.29, 1.82) is 0 Å². The van der Waals surface area contributed by atoms with Crippen LogP contribution in [0.25, 0.3) is 10.9 Å². The van der Waals surface area contributed by atoms with Gasteiger partial charge in [0.2, 0.25) is 0 Å². The number of nitrogens with one attached hydrogen (secondary N) is 1. The maximum Gasteiger partial charge on any atom is 0.305 e. The van der Waals surface area contributed by atoms with E-state index in [-0.39, 0.29) is 12.2 Å². The molecule has 2 aromatic heterocycles. The number of hydrogen-bond donors (Lipinski definition) is 2. The first-order valence-electron chi connectivity index (χ1n) is 11.9. The zero-order valence-corrected chi connectivity index (χ0v) is 19.9. The number of aliphatic carboxylic acids is 1. The van der Waals surface area contributed by atoms with E-state index in [0.717, 1.165) is 47.4 Å². The molecule has 0 saturated heterocycles. The second-order valence-corrected chi connectivity index (χ2v) is 8.74. The van der Waals surface area contributed by atoms with E-state index in [9.17, 15) is 14.3 Å². The highest BCUT2D eigenvalue weighted by molar-refractivity contribution is 5.81. The first kappa shape index (κ1) is 23.6. The molecular weight excluding hydrogens is 463 g/mol. The van der Waals surface area contributed by atoms with Crippen LogP contribution < -0.4 is 14.8 Å². The average molecular weight is 491 g/mol. The van der Waals surface area contributed by atoms with Gasteiger partial charge >= 0.3 is 5.97 Å². The van der Waals surface area contributed by atoms with Crippen LogP contribution in [-0.2, 0) is 17.6 Å². The molecule has 5 rings (SSSR count). The van der Waals surface area contributed by atoms with Crippen LogP contribution in [0.3, 0.4) is 0 Å². The highest BCUT2D eigenvalue weighted by atomic mass is 19.1. The second-order valence-electron chi connectivity index (χ2n) is 8.74. The van der Waals surface area contributed by atoms with Crippen LogP contribution in [0.2, 0.25) is 0 Å². The van der Waals surface area contributed by atoms with Gasteiger partial charge in [0.1, 0.15) is 5.75 Å². The Kier molecular flexibility index (Phi) is 6.71. The number of ether oxygens (including phenoxy) is 2. The number of halogens is 1. The summed E-state index contributed by atoms with van der Waals surface area (Å²) in [7, 11) is 1.38. The van der Waals surface area contributed by atoms with Crippen molar-refractivity contribution in [1.82, 2.24) is 14.8 Å². The van der Waals surface area contributed by atoms with Crippen LogP contribution >= 0.6 is 0 Å². The quantitative estimate of drug-likeness (QED) is 0.353. The highest BCUT2D eigenvalue weighted by Gasteiger charge is 2.22. The maximum atomic E-state index is 14.4. The Hall–Kier alpha value is -4.14. The van der Waals surface area contributed by atoms with E-state index in [1.165, 1.54) is 19.2 Å². The number of methoxy groups -OCH3 is 1. The summed E-state index contributed by atoms with van der Waals surface area (Å²) in [6, 6.07) is 13.4. The Labute approximate surface area is 207 Å². The monoisotopic (exact) mass is 490 g/mol. The topological polar surface area (TPSA) is 98.5 Å². The van der Waals surface area contributed by atoms with Gasteiger partial charge in [0, 0.05) is 24.0 Å². The molecule has 36 heavy (non-hydrogen) atoms. The standard InChI is InChI=1S/C27H27FN4O4/c1-35-26-9-4-17(14-21(26)28)25(15-27(33)34)32-24-8-6-20(13-18(24)16-30-32)36-12-10-19-5-7-22-23(31-19)3-2-11-29-22/h4-9,13-14,16,25,29H,2-3,10-12,15H2,1H3,(H,33,34). The summed E-state index contributed by atoms with van der Waals surface area (Å²) in [4.78, 5) is 16.4. The van der Waals surface area contributed by atoms with Gasteiger partial charge in [0.25, 0.3) is 0 Å². The predicted molar refractivity (Wildman–Crippen MR) is 133 cm³/mol. The van der Waals surface area contributed by atoms with E-state index in [1.54, 1.807) is 16.9 Å². The van der Waals surface area contributed by atoms with Crippen LogP contribution in [0, 0.1) is 5.82 Å². The molecule has 1 aliphatic heterocycles. The Balaban J connectivity index is 1.32. The molecule has 0 aliphatic carbocycles. The normalized spacial score (nSPS) is 13.6. The molecule has 9 heteroatoms. The molecular formula is C27H27FN4O4. The minimum atomic E-state index is -1.01. The third-order valence-electron chi connectivity index (χ3n) is 6.36. The number of rotatable bonds is 9. The van der Waals surface area contributed by atoms with Gasteiger partial charge in [0.05, 0.1) is 49.3 Å². The minimum Gasteiger partial charge on any atom is -0.494 e. The molecule has 0 spiro atoms. The molecule has 8 nitrogen and oxygen atoms in total. The Morgan fingerprint density at radius 3 is 2.92 bits per heavy atom.